The summed E-state index contributed by atoms with van der Waals surface area (Å²) < 4.78 is 0. The highest BCUT2D eigenvalue weighted by atomic mass is 32.2. The average Bonchev–Trinajstić information content (AvgIpc) is 3.13. The van der Waals surface area contributed by atoms with Crippen LogP contribution < -0.4 is 4.90 Å². The van der Waals surface area contributed by atoms with Crippen LogP contribution in [0.5, 0.6) is 0 Å². The molecule has 3 aromatic rings. The van der Waals surface area contributed by atoms with Crippen molar-refractivity contribution in [1.29, 1.82) is 15.9 Å². The number of hydrogen-bond donors (Lipinski definition) is 1. The lowest BCUT2D eigenvalue weighted by atomic mass is 9.77. The van der Waals surface area contributed by atoms with Crippen LogP contribution in [-0.2, 0) is 0 Å². The zero-order chi connectivity index (χ0) is 19.3. The van der Waals surface area contributed by atoms with Crippen molar-refractivity contribution in [3.05, 3.63) is 82.9 Å². The van der Waals surface area contributed by atoms with Crippen molar-refractivity contribution in [2.75, 3.05) is 4.90 Å². The first kappa shape index (κ1) is 16.6. The van der Waals surface area contributed by atoms with Crippen LogP contribution in [0.3, 0.4) is 0 Å². The van der Waals surface area contributed by atoms with Crippen molar-refractivity contribution in [2.24, 2.45) is 5.92 Å². The maximum Gasteiger partial charge on any atom is 0.124 e. The summed E-state index contributed by atoms with van der Waals surface area (Å²) in [7, 11) is 0. The van der Waals surface area contributed by atoms with Gasteiger partial charge < -0.3 is 0 Å². The number of hydrogen-bond acceptors (Lipinski definition) is 4. The molecule has 28 heavy (non-hydrogen) atoms. The molecular formula is C23H14N4S. The molecule has 2 unspecified atom stereocenters. The van der Waals surface area contributed by atoms with E-state index in [4.69, 9.17) is 5.41 Å². The predicted octanol–water partition coefficient (Wildman–Crippen LogP) is 5.40. The average molecular weight is 378 g/mol. The van der Waals surface area contributed by atoms with Gasteiger partial charge in [-0.05, 0) is 28.5 Å². The Bertz CT molecular complexity index is 1260. The Hall–Kier alpha value is -3.54. The van der Waals surface area contributed by atoms with Crippen LogP contribution in [0.1, 0.15) is 11.5 Å². The monoisotopic (exact) mass is 378 g/mol. The van der Waals surface area contributed by atoms with E-state index in [1.165, 1.54) is 11.8 Å². The molecule has 1 N–H and O–H groups in total. The predicted molar refractivity (Wildman–Crippen MR) is 111 cm³/mol. The van der Waals surface area contributed by atoms with Gasteiger partial charge in [0.1, 0.15) is 16.8 Å². The Morgan fingerprint density at radius 3 is 2.50 bits per heavy atom. The van der Waals surface area contributed by atoms with E-state index in [9.17, 15) is 10.5 Å². The second kappa shape index (κ2) is 6.27. The first-order valence-corrected chi connectivity index (χ1v) is 9.73. The number of nitrogens with one attached hydrogen (secondary N) is 1. The quantitative estimate of drug-likeness (QED) is 0.615. The summed E-state index contributed by atoms with van der Waals surface area (Å²) in [5.41, 5.74) is 2.35. The molecule has 5 heteroatoms. The number of para-hydroxylation sites is 1. The molecule has 3 aromatic carbocycles. The van der Waals surface area contributed by atoms with Gasteiger partial charge in [0.2, 0.25) is 0 Å². The van der Waals surface area contributed by atoms with Crippen molar-refractivity contribution in [3.63, 3.8) is 0 Å². The molecule has 0 spiro atoms. The third kappa shape index (κ3) is 2.21. The van der Waals surface area contributed by atoms with Crippen LogP contribution in [0.25, 0.3) is 10.8 Å². The minimum Gasteiger partial charge on any atom is -0.290 e. The van der Waals surface area contributed by atoms with E-state index >= 15 is 0 Å². The number of allylic oxidation sites excluding steroid dienone is 1. The third-order valence-electron chi connectivity index (χ3n) is 5.34. The molecule has 0 amide bonds. The summed E-state index contributed by atoms with van der Waals surface area (Å²) in [6.45, 7) is 0. The Balaban J connectivity index is 1.80. The standard InChI is InChI=1S/C23H14N4S/c24-12-17-21(16-9-5-7-14-6-1-2-8-15(14)16)18(13-25)23-27(22(17)26)19-10-3-4-11-20(19)28-23/h1-11,17,21,26H. The molecule has 4 nitrogen and oxygen atoms in total. The van der Waals surface area contributed by atoms with Crippen molar-refractivity contribution < 1.29 is 0 Å². The van der Waals surface area contributed by atoms with E-state index in [1.807, 2.05) is 66.7 Å². The van der Waals surface area contributed by atoms with Gasteiger partial charge in [0.15, 0.2) is 0 Å². The molecule has 5 rings (SSSR count). The largest absolute Gasteiger partial charge is 0.290 e. The van der Waals surface area contributed by atoms with Gasteiger partial charge in [0, 0.05) is 10.8 Å². The molecule has 2 aliphatic heterocycles. The Kier molecular flexibility index (Phi) is 3.72. The van der Waals surface area contributed by atoms with Gasteiger partial charge in [-0.2, -0.15) is 10.5 Å². The molecular weight excluding hydrogens is 364 g/mol. The molecule has 2 atom stereocenters. The molecule has 2 aliphatic rings. The molecule has 0 saturated heterocycles. The highest BCUT2D eigenvalue weighted by Gasteiger charge is 2.45. The van der Waals surface area contributed by atoms with Crippen molar-refractivity contribution >= 4 is 34.1 Å². The van der Waals surface area contributed by atoms with E-state index in [2.05, 4.69) is 12.1 Å². The van der Waals surface area contributed by atoms with Crippen LogP contribution in [0.4, 0.5) is 5.69 Å². The van der Waals surface area contributed by atoms with E-state index in [0.29, 0.717) is 5.57 Å². The van der Waals surface area contributed by atoms with Crippen molar-refractivity contribution in [1.82, 2.24) is 0 Å². The zero-order valence-electron chi connectivity index (χ0n) is 14.8. The summed E-state index contributed by atoms with van der Waals surface area (Å²) in [6, 6.07) is 26.4. The minimum atomic E-state index is -0.726. The minimum absolute atomic E-state index is 0.229. The first-order valence-electron chi connectivity index (χ1n) is 8.91. The first-order chi connectivity index (χ1) is 13.7. The van der Waals surface area contributed by atoms with Crippen LogP contribution in [-0.4, -0.2) is 5.84 Å². The van der Waals surface area contributed by atoms with Gasteiger partial charge >= 0.3 is 0 Å². The summed E-state index contributed by atoms with van der Waals surface area (Å²) in [6.07, 6.45) is 0. The fourth-order valence-electron chi connectivity index (χ4n) is 4.11. The molecule has 2 heterocycles. The van der Waals surface area contributed by atoms with Gasteiger partial charge in [-0.3, -0.25) is 10.3 Å². The van der Waals surface area contributed by atoms with Gasteiger partial charge in [0.25, 0.3) is 0 Å². The fraction of sp³-hybridized carbons (Fsp3) is 0.0870. The van der Waals surface area contributed by atoms with Crippen LogP contribution in [0.15, 0.2) is 82.2 Å². The zero-order valence-corrected chi connectivity index (χ0v) is 15.6. The van der Waals surface area contributed by atoms with E-state index in [-0.39, 0.29) is 5.84 Å². The van der Waals surface area contributed by atoms with E-state index in [0.717, 1.165) is 31.9 Å². The maximum absolute atomic E-state index is 10.1. The number of rotatable bonds is 1. The fourth-order valence-corrected chi connectivity index (χ4v) is 5.30. The lowest BCUT2D eigenvalue weighted by Gasteiger charge is -2.35. The lowest BCUT2D eigenvalue weighted by molar-refractivity contribution is 0.702. The number of fused-ring (bicyclic) bond motifs is 4. The number of nitrogens with zero attached hydrogens (tertiary/aromatic N) is 3. The molecule has 132 valence electrons. The van der Waals surface area contributed by atoms with E-state index < -0.39 is 11.8 Å². The summed E-state index contributed by atoms with van der Waals surface area (Å²) in [5.74, 6) is -0.954. The second-order valence-corrected chi connectivity index (χ2v) is 7.80. The van der Waals surface area contributed by atoms with Crippen molar-refractivity contribution in [2.45, 2.75) is 10.8 Å². The molecule has 0 bridgehead atoms. The highest BCUT2D eigenvalue weighted by molar-refractivity contribution is 8.03. The number of nitriles is 2. The van der Waals surface area contributed by atoms with Crippen LogP contribution >= 0.6 is 11.8 Å². The summed E-state index contributed by atoms with van der Waals surface area (Å²) >= 11 is 1.51. The topological polar surface area (TPSA) is 74.7 Å². The Morgan fingerprint density at radius 1 is 0.929 bits per heavy atom. The third-order valence-corrected chi connectivity index (χ3v) is 6.51. The Morgan fingerprint density at radius 2 is 1.68 bits per heavy atom. The van der Waals surface area contributed by atoms with Gasteiger partial charge in [0.05, 0.1) is 23.4 Å². The SMILES string of the molecule is N#CC1=C2Sc3ccccc3N2C(=N)C(C#N)C1c1cccc2ccccc12. The van der Waals surface area contributed by atoms with Gasteiger partial charge in [-0.25, -0.2) is 0 Å². The summed E-state index contributed by atoms with van der Waals surface area (Å²) in [4.78, 5) is 2.78. The molecule has 0 fully saturated rings. The van der Waals surface area contributed by atoms with Crippen molar-refractivity contribution in [3.8, 4) is 12.1 Å². The maximum atomic E-state index is 10.1. The van der Waals surface area contributed by atoms with E-state index in [1.54, 1.807) is 4.90 Å². The lowest BCUT2D eigenvalue weighted by Crippen LogP contribution is -2.40. The van der Waals surface area contributed by atoms with Gasteiger partial charge in [-0.1, -0.05) is 66.4 Å². The van der Waals surface area contributed by atoms with Crippen LogP contribution in [0, 0.1) is 34.0 Å². The molecule has 0 aliphatic carbocycles. The normalized spacial score (nSPS) is 20.5. The number of anilines is 1. The number of benzene rings is 3. The van der Waals surface area contributed by atoms with Gasteiger partial charge in [-0.15, -0.1) is 0 Å². The molecule has 0 radical (unpaired) electrons. The molecule has 0 saturated carbocycles. The Labute approximate surface area is 166 Å². The van der Waals surface area contributed by atoms with Crippen LogP contribution in [0.2, 0.25) is 0 Å². The number of thioether (sulfide) groups is 1. The highest BCUT2D eigenvalue weighted by Crippen LogP contribution is 2.54. The smallest absolute Gasteiger partial charge is 0.124 e. The second-order valence-electron chi connectivity index (χ2n) is 6.77. The molecule has 0 aromatic heterocycles. The number of amidine groups is 1. The summed E-state index contributed by atoms with van der Waals surface area (Å²) in [5, 5.41) is 31.7.